The van der Waals surface area contributed by atoms with Crippen LogP contribution in [0.3, 0.4) is 0 Å². The van der Waals surface area contributed by atoms with Crippen LogP contribution in [-0.4, -0.2) is 37.5 Å². The Kier molecular flexibility index (Phi) is 6.33. The normalized spacial score (nSPS) is 14.2. The summed E-state index contributed by atoms with van der Waals surface area (Å²) in [6, 6.07) is -1.40. The van der Waals surface area contributed by atoms with Gasteiger partial charge in [0.25, 0.3) is 0 Å². The van der Waals surface area contributed by atoms with Crippen LogP contribution in [-0.2, 0) is 14.8 Å². The summed E-state index contributed by atoms with van der Waals surface area (Å²) in [6.45, 7) is 3.26. The van der Waals surface area contributed by atoms with Gasteiger partial charge in [-0.05, 0) is 12.8 Å². The molecule has 9 heteroatoms. The summed E-state index contributed by atoms with van der Waals surface area (Å²) in [5.74, 6) is -2.18. The van der Waals surface area contributed by atoms with Gasteiger partial charge in [0.2, 0.25) is 10.0 Å². The van der Waals surface area contributed by atoms with Crippen LogP contribution in [0.4, 0.5) is 13.2 Å². The van der Waals surface area contributed by atoms with Crippen LogP contribution < -0.4 is 4.72 Å². The van der Waals surface area contributed by atoms with Crippen molar-refractivity contribution in [3.8, 4) is 0 Å². The molecular formula is C9H14F3NO4S. The van der Waals surface area contributed by atoms with Gasteiger partial charge >= 0.3 is 12.1 Å². The molecular weight excluding hydrogens is 275 g/mol. The van der Waals surface area contributed by atoms with Gasteiger partial charge < -0.3 is 5.11 Å². The van der Waals surface area contributed by atoms with Crippen molar-refractivity contribution in [1.82, 2.24) is 4.72 Å². The summed E-state index contributed by atoms with van der Waals surface area (Å²) >= 11 is 0. The summed E-state index contributed by atoms with van der Waals surface area (Å²) in [5.41, 5.74) is 0. The van der Waals surface area contributed by atoms with Crippen molar-refractivity contribution >= 4 is 16.0 Å². The predicted molar refractivity (Wildman–Crippen MR) is 58.4 cm³/mol. The zero-order valence-electron chi connectivity index (χ0n) is 9.40. The highest BCUT2D eigenvalue weighted by Crippen LogP contribution is 2.21. The molecule has 1 atom stereocenters. The molecule has 0 aliphatic rings. The summed E-state index contributed by atoms with van der Waals surface area (Å²) < 4.78 is 59.9. The molecule has 0 amide bonds. The monoisotopic (exact) mass is 289 g/mol. The Bertz CT molecular complexity index is 391. The van der Waals surface area contributed by atoms with E-state index in [1.165, 1.54) is 6.08 Å². The van der Waals surface area contributed by atoms with Gasteiger partial charge in [0, 0.05) is 6.42 Å². The lowest BCUT2D eigenvalue weighted by Gasteiger charge is -2.13. The first-order valence-electron chi connectivity index (χ1n) is 4.98. The maximum atomic E-state index is 11.8. The average Bonchev–Trinajstić information content (AvgIpc) is 2.13. The molecule has 0 aromatic carbocycles. The standard InChI is InChI=1S/C9H14F3NO4S/c1-2-4-7(8(14)15)13-18(16,17)6-3-5-9(10,11)12/h2,7,13H,1,3-6H2,(H,14,15). The molecule has 0 rings (SSSR count). The number of sulfonamides is 1. The Labute approximate surface area is 103 Å². The summed E-state index contributed by atoms with van der Waals surface area (Å²) in [7, 11) is -4.05. The van der Waals surface area contributed by atoms with Crippen molar-refractivity contribution in [3.05, 3.63) is 12.7 Å². The predicted octanol–water partition coefficient (Wildman–Crippen LogP) is 1.28. The number of carboxylic acid groups (broad SMARTS) is 1. The number of hydrogen-bond acceptors (Lipinski definition) is 3. The summed E-state index contributed by atoms with van der Waals surface area (Å²) in [6.07, 6.45) is -5.21. The Balaban J connectivity index is 4.37. The highest BCUT2D eigenvalue weighted by atomic mass is 32.2. The van der Waals surface area contributed by atoms with E-state index in [1.54, 1.807) is 0 Å². The molecule has 0 fully saturated rings. The van der Waals surface area contributed by atoms with Crippen LogP contribution >= 0.6 is 0 Å². The Morgan fingerprint density at radius 2 is 2.00 bits per heavy atom. The fourth-order valence-corrected chi connectivity index (χ4v) is 2.38. The van der Waals surface area contributed by atoms with Gasteiger partial charge in [0.05, 0.1) is 5.75 Å². The molecule has 0 aromatic rings. The van der Waals surface area contributed by atoms with E-state index in [2.05, 4.69) is 6.58 Å². The van der Waals surface area contributed by atoms with Gasteiger partial charge in [-0.25, -0.2) is 13.1 Å². The lowest BCUT2D eigenvalue weighted by Crippen LogP contribution is -2.41. The summed E-state index contributed by atoms with van der Waals surface area (Å²) in [4.78, 5) is 10.6. The lowest BCUT2D eigenvalue weighted by molar-refractivity contribution is -0.139. The van der Waals surface area contributed by atoms with Gasteiger partial charge in [0.15, 0.2) is 0 Å². The molecule has 106 valence electrons. The smallest absolute Gasteiger partial charge is 0.389 e. The van der Waals surface area contributed by atoms with Crippen LogP contribution in [0, 0.1) is 0 Å². The number of nitrogens with one attached hydrogen (secondary N) is 1. The van der Waals surface area contributed by atoms with Gasteiger partial charge in [-0.15, -0.1) is 6.58 Å². The van der Waals surface area contributed by atoms with Crippen molar-refractivity contribution in [3.63, 3.8) is 0 Å². The van der Waals surface area contributed by atoms with Gasteiger partial charge in [-0.1, -0.05) is 6.08 Å². The Morgan fingerprint density at radius 1 is 1.44 bits per heavy atom. The number of alkyl halides is 3. The molecule has 0 aliphatic heterocycles. The first-order chi connectivity index (χ1) is 8.07. The van der Waals surface area contributed by atoms with Crippen molar-refractivity contribution in [1.29, 1.82) is 0 Å². The van der Waals surface area contributed by atoms with E-state index in [-0.39, 0.29) is 6.42 Å². The summed E-state index contributed by atoms with van der Waals surface area (Å²) in [5, 5.41) is 8.67. The van der Waals surface area contributed by atoms with Crippen LogP contribution in [0.2, 0.25) is 0 Å². The second-order valence-corrected chi connectivity index (χ2v) is 5.44. The fourth-order valence-electron chi connectivity index (χ4n) is 1.10. The largest absolute Gasteiger partial charge is 0.480 e. The van der Waals surface area contributed by atoms with E-state index >= 15 is 0 Å². The quantitative estimate of drug-likeness (QED) is 0.659. The molecule has 0 aromatic heterocycles. The van der Waals surface area contributed by atoms with Gasteiger partial charge in [0.1, 0.15) is 6.04 Å². The van der Waals surface area contributed by atoms with Crippen molar-refractivity contribution in [2.24, 2.45) is 0 Å². The maximum absolute atomic E-state index is 11.8. The van der Waals surface area contributed by atoms with Crippen LogP contribution in [0.1, 0.15) is 19.3 Å². The van der Waals surface area contributed by atoms with E-state index in [4.69, 9.17) is 5.11 Å². The second kappa shape index (κ2) is 6.74. The van der Waals surface area contributed by atoms with E-state index in [1.807, 2.05) is 4.72 Å². The molecule has 0 radical (unpaired) electrons. The molecule has 0 spiro atoms. The van der Waals surface area contributed by atoms with Crippen LogP contribution in [0.15, 0.2) is 12.7 Å². The number of rotatable bonds is 8. The maximum Gasteiger partial charge on any atom is 0.389 e. The second-order valence-electron chi connectivity index (χ2n) is 3.57. The Morgan fingerprint density at radius 3 is 2.39 bits per heavy atom. The third kappa shape index (κ3) is 8.07. The SMILES string of the molecule is C=CCC(NS(=O)(=O)CCCC(F)(F)F)C(=O)O. The molecule has 0 heterocycles. The molecule has 0 aliphatic carbocycles. The molecule has 0 saturated heterocycles. The van der Waals surface area contributed by atoms with Gasteiger partial charge in [-0.3, -0.25) is 4.79 Å². The van der Waals surface area contributed by atoms with Gasteiger partial charge in [-0.2, -0.15) is 13.2 Å². The zero-order chi connectivity index (χ0) is 14.4. The zero-order valence-corrected chi connectivity index (χ0v) is 10.2. The van der Waals surface area contributed by atoms with E-state index in [0.717, 1.165) is 0 Å². The molecule has 1 unspecified atom stereocenters. The number of hydrogen-bond donors (Lipinski definition) is 2. The van der Waals surface area contributed by atoms with Crippen molar-refractivity contribution in [2.45, 2.75) is 31.5 Å². The van der Waals surface area contributed by atoms with E-state index < -0.39 is 46.8 Å². The van der Waals surface area contributed by atoms with E-state index in [0.29, 0.717) is 0 Å². The third-order valence-corrected chi connectivity index (χ3v) is 3.37. The third-order valence-electron chi connectivity index (χ3n) is 1.90. The fraction of sp³-hybridized carbons (Fsp3) is 0.667. The molecule has 2 N–H and O–H groups in total. The van der Waals surface area contributed by atoms with Crippen molar-refractivity contribution < 1.29 is 31.5 Å². The molecule has 5 nitrogen and oxygen atoms in total. The minimum absolute atomic E-state index is 0.145. The first-order valence-corrected chi connectivity index (χ1v) is 6.63. The van der Waals surface area contributed by atoms with E-state index in [9.17, 15) is 26.4 Å². The topological polar surface area (TPSA) is 83.5 Å². The Hall–Kier alpha value is -1.09. The first kappa shape index (κ1) is 16.9. The average molecular weight is 289 g/mol. The lowest BCUT2D eigenvalue weighted by atomic mass is 10.2. The highest BCUT2D eigenvalue weighted by Gasteiger charge is 2.28. The number of aliphatic carboxylic acids is 1. The van der Waals surface area contributed by atoms with Crippen molar-refractivity contribution in [2.75, 3.05) is 5.75 Å². The number of carboxylic acids is 1. The minimum Gasteiger partial charge on any atom is -0.480 e. The number of carbonyl (C=O) groups is 1. The van der Waals surface area contributed by atoms with Crippen LogP contribution in [0.25, 0.3) is 0 Å². The minimum atomic E-state index is -4.43. The highest BCUT2D eigenvalue weighted by molar-refractivity contribution is 7.89. The van der Waals surface area contributed by atoms with Crippen LogP contribution in [0.5, 0.6) is 0 Å². The molecule has 0 bridgehead atoms. The molecule has 18 heavy (non-hydrogen) atoms. The molecule has 0 saturated carbocycles. The number of halogens is 3.